The molecule has 2 nitrogen and oxygen atoms in total. The van der Waals surface area contributed by atoms with E-state index in [-0.39, 0.29) is 12.7 Å². The molecule has 2 heteroatoms. The Labute approximate surface area is 96.9 Å². The van der Waals surface area contributed by atoms with Crippen molar-refractivity contribution in [3.05, 3.63) is 54.6 Å². The zero-order valence-electron chi connectivity index (χ0n) is 9.38. The lowest BCUT2D eigenvalue weighted by Gasteiger charge is -2.10. The second-order valence-electron chi connectivity index (χ2n) is 3.43. The van der Waals surface area contributed by atoms with E-state index in [2.05, 4.69) is 6.58 Å². The topological polar surface area (TPSA) is 29.5 Å². The lowest BCUT2D eigenvalue weighted by Crippen LogP contribution is -2.11. The highest BCUT2D eigenvalue weighted by Crippen LogP contribution is 2.06. The summed E-state index contributed by atoms with van der Waals surface area (Å²) in [4.78, 5) is 0. The number of ether oxygens (including phenoxy) is 1. The van der Waals surface area contributed by atoms with E-state index in [1.54, 1.807) is 0 Å². The van der Waals surface area contributed by atoms with Crippen molar-refractivity contribution in [2.24, 2.45) is 0 Å². The van der Waals surface area contributed by atoms with Crippen LogP contribution in [0.5, 0.6) is 0 Å². The minimum atomic E-state index is -0.00939. The van der Waals surface area contributed by atoms with E-state index in [0.29, 0.717) is 6.61 Å². The molecule has 86 valence electrons. The van der Waals surface area contributed by atoms with Gasteiger partial charge >= 0.3 is 0 Å². The summed E-state index contributed by atoms with van der Waals surface area (Å²) in [6.45, 7) is 4.09. The second-order valence-corrected chi connectivity index (χ2v) is 3.43. The van der Waals surface area contributed by atoms with Crippen LogP contribution in [-0.2, 0) is 4.74 Å². The lowest BCUT2D eigenvalue weighted by atomic mass is 10.1. The lowest BCUT2D eigenvalue weighted by molar-refractivity contribution is 0.0566. The Morgan fingerprint density at radius 1 is 1.31 bits per heavy atom. The molecule has 0 saturated carbocycles. The maximum Gasteiger partial charge on any atom is 0.0794 e. The fourth-order valence-electron chi connectivity index (χ4n) is 1.35. The van der Waals surface area contributed by atoms with Gasteiger partial charge in [0, 0.05) is 0 Å². The van der Waals surface area contributed by atoms with Gasteiger partial charge in [-0.15, -0.1) is 6.58 Å². The normalized spacial score (nSPS) is 12.8. The van der Waals surface area contributed by atoms with E-state index in [1.807, 2.05) is 48.6 Å². The molecule has 0 fully saturated rings. The van der Waals surface area contributed by atoms with Crippen LogP contribution in [0.15, 0.2) is 49.1 Å². The molecule has 0 aliphatic carbocycles. The average molecular weight is 218 g/mol. The molecule has 1 unspecified atom stereocenters. The molecule has 16 heavy (non-hydrogen) atoms. The highest BCUT2D eigenvalue weighted by molar-refractivity contribution is 5.49. The van der Waals surface area contributed by atoms with Gasteiger partial charge in [-0.2, -0.15) is 0 Å². The Morgan fingerprint density at radius 3 is 2.69 bits per heavy atom. The standard InChI is InChI=1S/C14H18O2/c1-2-6-14(16-12-11-15)10-9-13-7-4-3-5-8-13/h2-5,7-10,14-15H,1,6,11-12H2/b10-9+. The first-order valence-corrected chi connectivity index (χ1v) is 5.43. The van der Waals surface area contributed by atoms with Gasteiger partial charge in [-0.1, -0.05) is 48.6 Å². The van der Waals surface area contributed by atoms with Crippen LogP contribution in [0.1, 0.15) is 12.0 Å². The van der Waals surface area contributed by atoms with Crippen LogP contribution in [0.25, 0.3) is 6.08 Å². The van der Waals surface area contributed by atoms with E-state index in [0.717, 1.165) is 12.0 Å². The molecule has 0 saturated heterocycles. The summed E-state index contributed by atoms with van der Waals surface area (Å²) in [5, 5.41) is 8.69. The highest BCUT2D eigenvalue weighted by Gasteiger charge is 2.01. The Balaban J connectivity index is 2.53. The van der Waals surface area contributed by atoms with Crippen LogP contribution in [0, 0.1) is 0 Å². The number of rotatable bonds is 7. The SMILES string of the molecule is C=CCC(/C=C/c1ccccc1)OCCO. The van der Waals surface area contributed by atoms with Crippen molar-refractivity contribution < 1.29 is 9.84 Å². The van der Waals surface area contributed by atoms with Gasteiger partial charge in [-0.3, -0.25) is 0 Å². The van der Waals surface area contributed by atoms with Crippen molar-refractivity contribution in [3.63, 3.8) is 0 Å². The smallest absolute Gasteiger partial charge is 0.0794 e. The molecule has 0 aromatic heterocycles. The molecule has 1 N–H and O–H groups in total. The summed E-state index contributed by atoms with van der Waals surface area (Å²) in [7, 11) is 0. The largest absolute Gasteiger partial charge is 0.394 e. The summed E-state index contributed by atoms with van der Waals surface area (Å²) >= 11 is 0. The van der Waals surface area contributed by atoms with Gasteiger partial charge in [-0.25, -0.2) is 0 Å². The van der Waals surface area contributed by atoms with Crippen LogP contribution in [0.2, 0.25) is 0 Å². The minimum Gasteiger partial charge on any atom is -0.394 e. The summed E-state index contributed by atoms with van der Waals surface area (Å²) in [6, 6.07) is 10.1. The van der Waals surface area contributed by atoms with Gasteiger partial charge in [0.05, 0.1) is 19.3 Å². The third-order valence-corrected chi connectivity index (χ3v) is 2.13. The molecule has 0 aliphatic heterocycles. The summed E-state index contributed by atoms with van der Waals surface area (Å²) < 4.78 is 5.45. The number of hydrogen-bond acceptors (Lipinski definition) is 2. The highest BCUT2D eigenvalue weighted by atomic mass is 16.5. The number of aliphatic hydroxyl groups excluding tert-OH is 1. The van der Waals surface area contributed by atoms with Crippen molar-refractivity contribution in [2.45, 2.75) is 12.5 Å². The quantitative estimate of drug-likeness (QED) is 0.713. The fourth-order valence-corrected chi connectivity index (χ4v) is 1.35. The third kappa shape index (κ3) is 4.91. The maximum absolute atomic E-state index is 8.69. The van der Waals surface area contributed by atoms with Crippen LogP contribution < -0.4 is 0 Å². The van der Waals surface area contributed by atoms with Gasteiger partial charge in [0.25, 0.3) is 0 Å². The van der Waals surface area contributed by atoms with Crippen molar-refractivity contribution in [3.8, 4) is 0 Å². The zero-order valence-corrected chi connectivity index (χ0v) is 9.38. The summed E-state index contributed by atoms with van der Waals surface area (Å²) in [5.74, 6) is 0. The number of aliphatic hydroxyl groups is 1. The third-order valence-electron chi connectivity index (χ3n) is 2.13. The predicted molar refractivity (Wildman–Crippen MR) is 67.1 cm³/mol. The van der Waals surface area contributed by atoms with E-state index in [4.69, 9.17) is 9.84 Å². The molecular formula is C14H18O2. The molecule has 1 aromatic rings. The van der Waals surface area contributed by atoms with Crippen molar-refractivity contribution >= 4 is 6.08 Å². The molecule has 1 rings (SSSR count). The summed E-state index contributed by atoms with van der Waals surface area (Å²) in [6.07, 6.45) is 6.57. The molecule has 1 aromatic carbocycles. The van der Waals surface area contributed by atoms with Crippen LogP contribution in [0.3, 0.4) is 0 Å². The van der Waals surface area contributed by atoms with Gasteiger partial charge in [0.15, 0.2) is 0 Å². The molecular weight excluding hydrogens is 200 g/mol. The first-order chi connectivity index (χ1) is 7.86. The fraction of sp³-hybridized carbons (Fsp3) is 0.286. The van der Waals surface area contributed by atoms with Gasteiger partial charge < -0.3 is 9.84 Å². The molecule has 0 spiro atoms. The van der Waals surface area contributed by atoms with E-state index in [1.165, 1.54) is 0 Å². The van der Waals surface area contributed by atoms with Gasteiger partial charge in [-0.05, 0) is 12.0 Å². The molecule has 0 aliphatic rings. The van der Waals surface area contributed by atoms with Gasteiger partial charge in [0.2, 0.25) is 0 Å². The molecule has 0 heterocycles. The predicted octanol–water partition coefficient (Wildman–Crippen LogP) is 2.65. The zero-order chi connectivity index (χ0) is 11.6. The van der Waals surface area contributed by atoms with Crippen LogP contribution in [-0.4, -0.2) is 24.4 Å². The Bertz CT molecular complexity index is 317. The van der Waals surface area contributed by atoms with E-state index < -0.39 is 0 Å². The monoisotopic (exact) mass is 218 g/mol. The molecule has 1 atom stereocenters. The summed E-state index contributed by atoms with van der Waals surface area (Å²) in [5.41, 5.74) is 1.14. The first kappa shape index (κ1) is 12.7. The van der Waals surface area contributed by atoms with Crippen molar-refractivity contribution in [2.75, 3.05) is 13.2 Å². The minimum absolute atomic E-state index is 0.00939. The number of hydrogen-bond donors (Lipinski definition) is 1. The maximum atomic E-state index is 8.69. The second kappa shape index (κ2) is 7.85. The average Bonchev–Trinajstić information content (AvgIpc) is 2.34. The molecule has 0 radical (unpaired) electrons. The van der Waals surface area contributed by atoms with Crippen LogP contribution >= 0.6 is 0 Å². The number of benzene rings is 1. The van der Waals surface area contributed by atoms with Crippen molar-refractivity contribution in [1.82, 2.24) is 0 Å². The first-order valence-electron chi connectivity index (χ1n) is 5.43. The van der Waals surface area contributed by atoms with Crippen molar-refractivity contribution in [1.29, 1.82) is 0 Å². The molecule has 0 amide bonds. The Morgan fingerprint density at radius 2 is 2.06 bits per heavy atom. The Kier molecular flexibility index (Phi) is 6.23. The Hall–Kier alpha value is -1.38. The van der Waals surface area contributed by atoms with E-state index >= 15 is 0 Å². The van der Waals surface area contributed by atoms with Crippen LogP contribution in [0.4, 0.5) is 0 Å². The van der Waals surface area contributed by atoms with E-state index in [9.17, 15) is 0 Å². The molecule has 0 bridgehead atoms. The van der Waals surface area contributed by atoms with Gasteiger partial charge in [0.1, 0.15) is 0 Å².